The lowest BCUT2D eigenvalue weighted by molar-refractivity contribution is 0.547. The molecule has 1 unspecified atom stereocenters. The van der Waals surface area contributed by atoms with E-state index in [2.05, 4.69) is 68.5 Å². The van der Waals surface area contributed by atoms with Crippen LogP contribution in [0.25, 0.3) is 16.8 Å². The van der Waals surface area contributed by atoms with Gasteiger partial charge in [-0.25, -0.2) is 0 Å². The fraction of sp³-hybridized carbons (Fsp3) is 0.294. The molecule has 0 radical (unpaired) electrons. The van der Waals surface area contributed by atoms with Crippen LogP contribution in [-0.2, 0) is 0 Å². The first-order valence-electron chi connectivity index (χ1n) is 6.58. The molecule has 2 heteroatoms. The normalized spacial score (nSPS) is 12.8. The second kappa shape index (κ2) is 7.32. The van der Waals surface area contributed by atoms with Gasteiger partial charge in [-0.05, 0) is 28.7 Å². The Labute approximate surface area is 121 Å². The molecule has 2 aromatic rings. The quantitative estimate of drug-likeness (QED) is 0.864. The molecule has 0 fully saturated rings. The Hall–Kier alpha value is -1.31. The van der Waals surface area contributed by atoms with Crippen molar-refractivity contribution in [1.82, 2.24) is 0 Å². The maximum atomic E-state index is 6.08. The van der Waals surface area contributed by atoms with Gasteiger partial charge in [0, 0.05) is 6.04 Å². The molecule has 19 heavy (non-hydrogen) atoms. The van der Waals surface area contributed by atoms with E-state index in [0.717, 1.165) is 6.42 Å². The average Bonchev–Trinajstić information content (AvgIpc) is 2.35. The number of fused-ring (bicyclic) bond motifs is 1. The van der Waals surface area contributed by atoms with Crippen LogP contribution in [-0.4, -0.2) is 6.04 Å². The first-order chi connectivity index (χ1) is 8.66. The summed E-state index contributed by atoms with van der Waals surface area (Å²) >= 11 is 0. The van der Waals surface area contributed by atoms with E-state index in [1.807, 2.05) is 0 Å². The van der Waals surface area contributed by atoms with Gasteiger partial charge in [0.15, 0.2) is 0 Å². The molecular formula is C17H22ClN. The lowest BCUT2D eigenvalue weighted by Gasteiger charge is -2.09. The van der Waals surface area contributed by atoms with Crippen molar-refractivity contribution >= 4 is 29.3 Å². The molecule has 102 valence electrons. The number of hydrogen-bond acceptors (Lipinski definition) is 1. The fourth-order valence-corrected chi connectivity index (χ4v) is 2.25. The molecule has 0 saturated heterocycles. The van der Waals surface area contributed by atoms with Gasteiger partial charge in [0.05, 0.1) is 0 Å². The van der Waals surface area contributed by atoms with Gasteiger partial charge in [-0.15, -0.1) is 12.4 Å². The summed E-state index contributed by atoms with van der Waals surface area (Å²) in [7, 11) is 0. The first kappa shape index (κ1) is 15.7. The SMILES string of the molecule is CC(C)CC(N)C=Cc1cccc2ccccc12.Cl. The zero-order chi connectivity index (χ0) is 13.0. The van der Waals surface area contributed by atoms with E-state index >= 15 is 0 Å². The van der Waals surface area contributed by atoms with Crippen LogP contribution in [0, 0.1) is 5.92 Å². The molecule has 2 rings (SSSR count). The monoisotopic (exact) mass is 275 g/mol. The van der Waals surface area contributed by atoms with Crippen LogP contribution in [0.2, 0.25) is 0 Å². The van der Waals surface area contributed by atoms with Crippen molar-refractivity contribution in [3.8, 4) is 0 Å². The van der Waals surface area contributed by atoms with Gasteiger partial charge in [-0.1, -0.05) is 68.5 Å². The molecule has 0 bridgehead atoms. The van der Waals surface area contributed by atoms with Gasteiger partial charge < -0.3 is 5.73 Å². The number of halogens is 1. The average molecular weight is 276 g/mol. The standard InChI is InChI=1S/C17H21N.ClH/c1-13(2)12-16(18)11-10-15-8-5-7-14-6-3-4-9-17(14)15;/h3-11,13,16H,12,18H2,1-2H3;1H. The van der Waals surface area contributed by atoms with Crippen LogP contribution in [0.5, 0.6) is 0 Å². The summed E-state index contributed by atoms with van der Waals surface area (Å²) in [5, 5.41) is 2.56. The molecule has 0 aliphatic rings. The summed E-state index contributed by atoms with van der Waals surface area (Å²) in [4.78, 5) is 0. The number of rotatable bonds is 4. The molecule has 2 N–H and O–H groups in total. The molecule has 2 aromatic carbocycles. The summed E-state index contributed by atoms with van der Waals surface area (Å²) < 4.78 is 0. The molecule has 1 nitrogen and oxygen atoms in total. The Kier molecular flexibility index (Phi) is 6.07. The van der Waals surface area contributed by atoms with E-state index in [1.165, 1.54) is 16.3 Å². The summed E-state index contributed by atoms with van der Waals surface area (Å²) in [5.74, 6) is 0.636. The van der Waals surface area contributed by atoms with Crippen molar-refractivity contribution in [2.24, 2.45) is 11.7 Å². The molecular weight excluding hydrogens is 254 g/mol. The minimum atomic E-state index is 0. The van der Waals surface area contributed by atoms with Gasteiger partial charge in [0.25, 0.3) is 0 Å². The third-order valence-corrected chi connectivity index (χ3v) is 3.09. The van der Waals surface area contributed by atoms with Crippen LogP contribution >= 0.6 is 12.4 Å². The molecule has 1 atom stereocenters. The van der Waals surface area contributed by atoms with Crippen LogP contribution in [0.4, 0.5) is 0 Å². The number of benzene rings is 2. The van der Waals surface area contributed by atoms with E-state index < -0.39 is 0 Å². The fourth-order valence-electron chi connectivity index (χ4n) is 2.25. The topological polar surface area (TPSA) is 26.0 Å². The first-order valence-corrected chi connectivity index (χ1v) is 6.58. The third-order valence-electron chi connectivity index (χ3n) is 3.09. The number of hydrogen-bond donors (Lipinski definition) is 1. The largest absolute Gasteiger partial charge is 0.324 e. The predicted octanol–water partition coefficient (Wildman–Crippen LogP) is 4.65. The molecule has 0 aliphatic carbocycles. The Morgan fingerprint density at radius 2 is 1.74 bits per heavy atom. The lowest BCUT2D eigenvalue weighted by Crippen LogP contribution is -2.18. The molecule has 0 spiro atoms. The second-order valence-corrected chi connectivity index (χ2v) is 5.22. The predicted molar refractivity (Wildman–Crippen MR) is 87.7 cm³/mol. The van der Waals surface area contributed by atoms with Crippen molar-refractivity contribution in [2.75, 3.05) is 0 Å². The van der Waals surface area contributed by atoms with Gasteiger partial charge in [0.2, 0.25) is 0 Å². The minimum Gasteiger partial charge on any atom is -0.324 e. The Balaban J connectivity index is 0.00000180. The Morgan fingerprint density at radius 1 is 1.05 bits per heavy atom. The number of nitrogens with two attached hydrogens (primary N) is 1. The smallest absolute Gasteiger partial charge is 0.0229 e. The van der Waals surface area contributed by atoms with Crippen LogP contribution in [0.3, 0.4) is 0 Å². The highest BCUT2D eigenvalue weighted by molar-refractivity contribution is 5.90. The summed E-state index contributed by atoms with van der Waals surface area (Å²) in [5.41, 5.74) is 7.32. The summed E-state index contributed by atoms with van der Waals surface area (Å²) in [6.07, 6.45) is 5.29. The Bertz CT molecular complexity index is 540. The molecule has 0 saturated carbocycles. The van der Waals surface area contributed by atoms with Crippen LogP contribution < -0.4 is 5.73 Å². The summed E-state index contributed by atoms with van der Waals surface area (Å²) in [6.45, 7) is 4.40. The van der Waals surface area contributed by atoms with Gasteiger partial charge >= 0.3 is 0 Å². The Morgan fingerprint density at radius 3 is 2.47 bits per heavy atom. The molecule has 0 amide bonds. The maximum absolute atomic E-state index is 6.08. The highest BCUT2D eigenvalue weighted by Crippen LogP contribution is 2.20. The third kappa shape index (κ3) is 4.38. The van der Waals surface area contributed by atoms with Gasteiger partial charge in [-0.3, -0.25) is 0 Å². The zero-order valence-electron chi connectivity index (χ0n) is 11.5. The van der Waals surface area contributed by atoms with Crippen molar-refractivity contribution < 1.29 is 0 Å². The highest BCUT2D eigenvalue weighted by Gasteiger charge is 2.02. The van der Waals surface area contributed by atoms with Gasteiger partial charge in [-0.2, -0.15) is 0 Å². The van der Waals surface area contributed by atoms with Crippen molar-refractivity contribution in [1.29, 1.82) is 0 Å². The lowest BCUT2D eigenvalue weighted by atomic mass is 10.0. The second-order valence-electron chi connectivity index (χ2n) is 5.22. The minimum absolute atomic E-state index is 0. The molecule has 0 heterocycles. The summed E-state index contributed by atoms with van der Waals surface area (Å²) in [6, 6.07) is 15.0. The highest BCUT2D eigenvalue weighted by atomic mass is 35.5. The van der Waals surface area contributed by atoms with E-state index in [0.29, 0.717) is 5.92 Å². The molecule has 0 aliphatic heterocycles. The van der Waals surface area contributed by atoms with E-state index in [1.54, 1.807) is 0 Å². The molecule has 0 aromatic heterocycles. The van der Waals surface area contributed by atoms with Crippen molar-refractivity contribution in [3.05, 3.63) is 54.1 Å². The van der Waals surface area contributed by atoms with E-state index in [4.69, 9.17) is 5.73 Å². The van der Waals surface area contributed by atoms with E-state index in [9.17, 15) is 0 Å². The van der Waals surface area contributed by atoms with Crippen LogP contribution in [0.1, 0.15) is 25.8 Å². The van der Waals surface area contributed by atoms with Crippen LogP contribution in [0.15, 0.2) is 48.5 Å². The van der Waals surface area contributed by atoms with E-state index in [-0.39, 0.29) is 18.4 Å². The zero-order valence-corrected chi connectivity index (χ0v) is 12.4. The van der Waals surface area contributed by atoms with Crippen molar-refractivity contribution in [3.63, 3.8) is 0 Å². The van der Waals surface area contributed by atoms with Gasteiger partial charge in [0.1, 0.15) is 0 Å². The van der Waals surface area contributed by atoms with Crippen molar-refractivity contribution in [2.45, 2.75) is 26.3 Å². The maximum Gasteiger partial charge on any atom is 0.0229 e.